The zero-order valence-electron chi connectivity index (χ0n) is 14.0. The molecule has 136 valence electrons. The molecule has 0 fully saturated rings. The number of rotatable bonds is 5. The van der Waals surface area contributed by atoms with Gasteiger partial charge in [-0.1, -0.05) is 6.07 Å². The fourth-order valence-corrected chi connectivity index (χ4v) is 4.16. The minimum Gasteiger partial charge on any atom is -0.345 e. The van der Waals surface area contributed by atoms with E-state index in [0.717, 1.165) is 4.31 Å². The van der Waals surface area contributed by atoms with Gasteiger partial charge in [0.2, 0.25) is 10.0 Å². The standard InChI is InChI=1S/C16H16BrN5O3S/c1-21(2)26(24,25)13-9-11(6-7-12(13)17)16(23)18-10-15-20-19-14-5-3-4-8-22(14)15/h3-9H,10H2,1-2H3,(H,18,23). The normalized spacial score (nSPS) is 11.8. The van der Waals surface area contributed by atoms with E-state index >= 15 is 0 Å². The molecule has 0 saturated carbocycles. The van der Waals surface area contributed by atoms with Crippen LogP contribution in [0.15, 0.2) is 52.0 Å². The van der Waals surface area contributed by atoms with Crippen molar-refractivity contribution in [3.63, 3.8) is 0 Å². The Hall–Kier alpha value is -2.30. The first-order chi connectivity index (χ1) is 12.3. The van der Waals surface area contributed by atoms with Gasteiger partial charge >= 0.3 is 0 Å². The Morgan fingerprint density at radius 3 is 2.73 bits per heavy atom. The van der Waals surface area contributed by atoms with Crippen LogP contribution >= 0.6 is 15.9 Å². The lowest BCUT2D eigenvalue weighted by Crippen LogP contribution is -2.26. The van der Waals surface area contributed by atoms with Crippen LogP contribution in [-0.4, -0.2) is 47.3 Å². The number of nitrogens with one attached hydrogen (secondary N) is 1. The molecule has 3 rings (SSSR count). The van der Waals surface area contributed by atoms with Crippen LogP contribution in [0.4, 0.5) is 0 Å². The van der Waals surface area contributed by atoms with Gasteiger partial charge in [-0.05, 0) is 46.3 Å². The number of hydrogen-bond acceptors (Lipinski definition) is 5. The quantitative estimate of drug-likeness (QED) is 0.654. The summed E-state index contributed by atoms with van der Waals surface area (Å²) in [5.74, 6) is 0.174. The van der Waals surface area contributed by atoms with Crippen LogP contribution in [0.5, 0.6) is 0 Å². The van der Waals surface area contributed by atoms with Crippen molar-refractivity contribution in [2.45, 2.75) is 11.4 Å². The summed E-state index contributed by atoms with van der Waals surface area (Å²) >= 11 is 3.22. The van der Waals surface area contributed by atoms with Crippen LogP contribution in [0, 0.1) is 0 Å². The Morgan fingerprint density at radius 1 is 1.23 bits per heavy atom. The summed E-state index contributed by atoms with van der Waals surface area (Å²) < 4.78 is 28.0. The van der Waals surface area contributed by atoms with Crippen molar-refractivity contribution in [1.82, 2.24) is 24.2 Å². The van der Waals surface area contributed by atoms with Crippen LogP contribution in [0.3, 0.4) is 0 Å². The van der Waals surface area contributed by atoms with Gasteiger partial charge in [0.25, 0.3) is 5.91 Å². The molecule has 0 radical (unpaired) electrons. The minimum atomic E-state index is -3.67. The molecule has 1 N–H and O–H groups in total. The van der Waals surface area contributed by atoms with Crippen LogP contribution in [0.2, 0.25) is 0 Å². The maximum atomic E-state index is 12.4. The number of hydrogen-bond donors (Lipinski definition) is 1. The molecule has 0 bridgehead atoms. The zero-order chi connectivity index (χ0) is 18.9. The predicted molar refractivity (Wildman–Crippen MR) is 99.2 cm³/mol. The highest BCUT2D eigenvalue weighted by atomic mass is 79.9. The molecular weight excluding hydrogens is 422 g/mol. The van der Waals surface area contributed by atoms with E-state index in [1.165, 1.54) is 26.2 Å². The second-order valence-electron chi connectivity index (χ2n) is 5.66. The van der Waals surface area contributed by atoms with Gasteiger partial charge in [-0.3, -0.25) is 9.20 Å². The maximum Gasteiger partial charge on any atom is 0.251 e. The molecule has 0 aliphatic rings. The number of nitrogens with zero attached hydrogens (tertiary/aromatic N) is 4. The van der Waals surface area contributed by atoms with E-state index in [-0.39, 0.29) is 17.0 Å². The number of fused-ring (bicyclic) bond motifs is 1. The summed E-state index contributed by atoms with van der Waals surface area (Å²) in [7, 11) is -0.800. The first kappa shape index (κ1) is 18.5. The van der Waals surface area contributed by atoms with E-state index in [0.29, 0.717) is 15.9 Å². The number of pyridine rings is 1. The van der Waals surface area contributed by atoms with Gasteiger partial charge in [0.15, 0.2) is 11.5 Å². The van der Waals surface area contributed by atoms with Gasteiger partial charge < -0.3 is 5.32 Å². The van der Waals surface area contributed by atoms with Crippen LogP contribution in [0.1, 0.15) is 16.2 Å². The molecule has 0 spiro atoms. The van der Waals surface area contributed by atoms with Gasteiger partial charge in [-0.25, -0.2) is 12.7 Å². The zero-order valence-corrected chi connectivity index (χ0v) is 16.5. The molecule has 1 amide bonds. The van der Waals surface area contributed by atoms with Crippen LogP contribution in [-0.2, 0) is 16.6 Å². The van der Waals surface area contributed by atoms with Crippen molar-refractivity contribution in [2.24, 2.45) is 0 Å². The molecule has 10 heteroatoms. The third-order valence-corrected chi connectivity index (χ3v) is 6.55. The SMILES string of the molecule is CN(C)S(=O)(=O)c1cc(C(=O)NCc2nnc3ccccn23)ccc1Br. The highest BCUT2D eigenvalue weighted by Crippen LogP contribution is 2.25. The number of carbonyl (C=O) groups excluding carboxylic acids is 1. The first-order valence-corrected chi connectivity index (χ1v) is 9.83. The van der Waals surface area contributed by atoms with E-state index in [4.69, 9.17) is 0 Å². The van der Waals surface area contributed by atoms with E-state index in [9.17, 15) is 13.2 Å². The average Bonchev–Trinajstić information content (AvgIpc) is 3.03. The van der Waals surface area contributed by atoms with E-state index < -0.39 is 15.9 Å². The lowest BCUT2D eigenvalue weighted by Gasteiger charge is -2.14. The van der Waals surface area contributed by atoms with E-state index in [1.807, 2.05) is 18.2 Å². The molecule has 2 heterocycles. The molecule has 2 aromatic heterocycles. The summed E-state index contributed by atoms with van der Waals surface area (Å²) in [6, 6.07) is 9.94. The molecular formula is C16H16BrN5O3S. The molecule has 0 atom stereocenters. The predicted octanol–water partition coefficient (Wildman–Crippen LogP) is 1.67. The van der Waals surface area contributed by atoms with E-state index in [2.05, 4.69) is 31.4 Å². The summed E-state index contributed by atoms with van der Waals surface area (Å²) in [6.07, 6.45) is 1.80. The summed E-state index contributed by atoms with van der Waals surface area (Å²) in [4.78, 5) is 12.5. The van der Waals surface area contributed by atoms with Crippen molar-refractivity contribution < 1.29 is 13.2 Å². The van der Waals surface area contributed by atoms with E-state index in [1.54, 1.807) is 16.7 Å². The summed E-state index contributed by atoms with van der Waals surface area (Å²) in [6.45, 7) is 0.163. The first-order valence-electron chi connectivity index (χ1n) is 7.59. The molecule has 26 heavy (non-hydrogen) atoms. The van der Waals surface area contributed by atoms with Gasteiger partial charge in [-0.2, -0.15) is 0 Å². The molecule has 8 nitrogen and oxygen atoms in total. The van der Waals surface area contributed by atoms with Crippen LogP contribution < -0.4 is 5.32 Å². The number of carbonyl (C=O) groups is 1. The molecule has 0 unspecified atom stereocenters. The second-order valence-corrected chi connectivity index (χ2v) is 8.63. The fourth-order valence-electron chi connectivity index (χ4n) is 2.31. The molecule has 1 aromatic carbocycles. The maximum absolute atomic E-state index is 12.4. The lowest BCUT2D eigenvalue weighted by molar-refractivity contribution is 0.0949. The smallest absolute Gasteiger partial charge is 0.251 e. The van der Waals surface area contributed by atoms with Gasteiger partial charge in [0.05, 0.1) is 11.4 Å². The van der Waals surface area contributed by atoms with Crippen molar-refractivity contribution in [1.29, 1.82) is 0 Å². The lowest BCUT2D eigenvalue weighted by atomic mass is 10.2. The number of halogens is 1. The summed E-state index contributed by atoms with van der Waals surface area (Å²) in [5.41, 5.74) is 0.919. The van der Waals surface area contributed by atoms with Gasteiger partial charge in [-0.15, -0.1) is 10.2 Å². The Morgan fingerprint density at radius 2 is 2.00 bits per heavy atom. The molecule has 0 aliphatic carbocycles. The highest BCUT2D eigenvalue weighted by molar-refractivity contribution is 9.10. The topological polar surface area (TPSA) is 96.7 Å². The third-order valence-electron chi connectivity index (χ3n) is 3.74. The Labute approximate surface area is 159 Å². The molecule has 0 saturated heterocycles. The summed E-state index contributed by atoms with van der Waals surface area (Å²) in [5, 5.41) is 10.8. The van der Waals surface area contributed by atoms with Crippen molar-refractivity contribution in [3.05, 3.63) is 58.5 Å². The number of benzene rings is 1. The third kappa shape index (κ3) is 3.48. The van der Waals surface area contributed by atoms with Gasteiger partial charge in [0.1, 0.15) is 0 Å². The second kappa shape index (κ2) is 7.14. The fraction of sp³-hybridized carbons (Fsp3) is 0.188. The molecule has 0 aliphatic heterocycles. The largest absolute Gasteiger partial charge is 0.345 e. The Bertz CT molecular complexity index is 1080. The van der Waals surface area contributed by atoms with Gasteiger partial charge in [0, 0.05) is 30.3 Å². The van der Waals surface area contributed by atoms with Crippen molar-refractivity contribution in [2.75, 3.05) is 14.1 Å². The number of sulfonamides is 1. The van der Waals surface area contributed by atoms with Crippen molar-refractivity contribution in [3.8, 4) is 0 Å². The number of amides is 1. The molecule has 3 aromatic rings. The number of aromatic nitrogens is 3. The van der Waals surface area contributed by atoms with Crippen LogP contribution in [0.25, 0.3) is 5.65 Å². The highest BCUT2D eigenvalue weighted by Gasteiger charge is 2.22. The average molecular weight is 438 g/mol. The Kier molecular flexibility index (Phi) is 5.08. The monoisotopic (exact) mass is 437 g/mol. The Balaban J connectivity index is 1.82. The minimum absolute atomic E-state index is 0.0306. The van der Waals surface area contributed by atoms with Crippen molar-refractivity contribution >= 4 is 37.5 Å².